The van der Waals surface area contributed by atoms with Gasteiger partial charge in [0.15, 0.2) is 17.1 Å². The van der Waals surface area contributed by atoms with E-state index >= 15 is 0 Å². The van der Waals surface area contributed by atoms with Crippen LogP contribution in [-0.2, 0) is 5.75 Å². The van der Waals surface area contributed by atoms with Crippen molar-refractivity contribution in [2.45, 2.75) is 31.6 Å². The summed E-state index contributed by atoms with van der Waals surface area (Å²) in [5.41, 5.74) is 2.86. The van der Waals surface area contributed by atoms with Crippen LogP contribution >= 0.6 is 11.8 Å². The first-order valence-corrected chi connectivity index (χ1v) is 12.3. The van der Waals surface area contributed by atoms with Crippen LogP contribution in [0.15, 0.2) is 53.9 Å². The van der Waals surface area contributed by atoms with Crippen LogP contribution in [0.1, 0.15) is 36.7 Å². The number of benzene rings is 2. The molecule has 0 aliphatic rings. The first kappa shape index (κ1) is 24.3. The summed E-state index contributed by atoms with van der Waals surface area (Å²) in [4.78, 5) is 21.6. The van der Waals surface area contributed by atoms with Gasteiger partial charge in [0.2, 0.25) is 5.75 Å². The number of anilines is 1. The second kappa shape index (κ2) is 11.6. The molecule has 35 heavy (non-hydrogen) atoms. The number of hydrogen-bond donors (Lipinski definition) is 2. The zero-order chi connectivity index (χ0) is 24.6. The number of thioether (sulfide) groups is 1. The van der Waals surface area contributed by atoms with Crippen LogP contribution in [0.2, 0.25) is 0 Å². The molecule has 0 saturated heterocycles. The van der Waals surface area contributed by atoms with Crippen molar-refractivity contribution in [3.63, 3.8) is 0 Å². The van der Waals surface area contributed by atoms with E-state index in [2.05, 4.69) is 25.5 Å². The lowest BCUT2D eigenvalue weighted by molar-refractivity contribution is 0.102. The number of hydrogen-bond acceptors (Lipinski definition) is 8. The van der Waals surface area contributed by atoms with E-state index in [0.717, 1.165) is 16.0 Å². The minimum atomic E-state index is -0.268. The number of nitrogens with one attached hydrogen (secondary N) is 2. The van der Waals surface area contributed by atoms with Crippen molar-refractivity contribution in [2.24, 2.45) is 0 Å². The summed E-state index contributed by atoms with van der Waals surface area (Å²) in [5.74, 6) is 1.86. The molecule has 2 aromatic carbocycles. The van der Waals surface area contributed by atoms with E-state index < -0.39 is 0 Å². The lowest BCUT2D eigenvalue weighted by Crippen LogP contribution is -2.13. The van der Waals surface area contributed by atoms with Crippen LogP contribution in [0.5, 0.6) is 17.2 Å². The average molecular weight is 494 g/mol. The molecule has 9 nitrogen and oxygen atoms in total. The standard InChI is InChI=1S/C25H27N5O4S/c1-4-32-20-11-17(12-21(33-5-2)22(20)34-6-3)24(31)29-18-9-7-8-16(10-18)14-35-25-19-13-28-30-23(19)26-15-27-25/h7-13,15H,4-6,14H2,1-3H3,(H,29,31)(H,26,27,28,30). The average Bonchev–Trinajstić information content (AvgIpc) is 3.35. The van der Waals surface area contributed by atoms with Gasteiger partial charge in [0.1, 0.15) is 11.4 Å². The van der Waals surface area contributed by atoms with Crippen LogP contribution < -0.4 is 19.5 Å². The van der Waals surface area contributed by atoms with Crippen LogP contribution in [-0.4, -0.2) is 45.9 Å². The number of carbonyl (C=O) groups excluding carboxylic acids is 1. The Balaban J connectivity index is 1.50. The Bertz CT molecular complexity index is 1280. The SMILES string of the molecule is CCOc1cc(C(=O)Nc2cccc(CSc3ncnc4[nH]ncc34)c2)cc(OCC)c1OCC. The normalized spacial score (nSPS) is 10.8. The summed E-state index contributed by atoms with van der Waals surface area (Å²) in [6.07, 6.45) is 3.24. The summed E-state index contributed by atoms with van der Waals surface area (Å²) >= 11 is 1.58. The van der Waals surface area contributed by atoms with Crippen molar-refractivity contribution < 1.29 is 19.0 Å². The van der Waals surface area contributed by atoms with Crippen LogP contribution in [0.3, 0.4) is 0 Å². The number of H-pyrrole nitrogens is 1. The van der Waals surface area contributed by atoms with Crippen LogP contribution in [0.4, 0.5) is 5.69 Å². The Hall–Kier alpha value is -3.79. The fraction of sp³-hybridized carbons (Fsp3) is 0.280. The van der Waals surface area contributed by atoms with Gasteiger partial charge in [0.25, 0.3) is 5.91 Å². The van der Waals surface area contributed by atoms with Gasteiger partial charge >= 0.3 is 0 Å². The lowest BCUT2D eigenvalue weighted by Gasteiger charge is -2.17. The molecule has 10 heteroatoms. The van der Waals surface area contributed by atoms with Crippen molar-refractivity contribution in [1.29, 1.82) is 0 Å². The number of ether oxygens (including phenoxy) is 3. The first-order chi connectivity index (χ1) is 17.1. The Morgan fingerprint density at radius 3 is 2.46 bits per heavy atom. The third kappa shape index (κ3) is 5.83. The number of aromatic nitrogens is 4. The second-order valence-corrected chi connectivity index (χ2v) is 8.32. The van der Waals surface area contributed by atoms with E-state index in [1.807, 2.05) is 45.0 Å². The summed E-state index contributed by atoms with van der Waals surface area (Å²) in [6, 6.07) is 11.1. The monoisotopic (exact) mass is 493 g/mol. The lowest BCUT2D eigenvalue weighted by atomic mass is 10.1. The van der Waals surface area contributed by atoms with Gasteiger partial charge in [-0.25, -0.2) is 9.97 Å². The molecule has 0 spiro atoms. The van der Waals surface area contributed by atoms with Gasteiger partial charge in [-0.1, -0.05) is 12.1 Å². The fourth-order valence-electron chi connectivity index (χ4n) is 3.47. The van der Waals surface area contributed by atoms with Gasteiger partial charge < -0.3 is 19.5 Å². The minimum Gasteiger partial charge on any atom is -0.490 e. The minimum absolute atomic E-state index is 0.268. The molecule has 0 fully saturated rings. The van der Waals surface area contributed by atoms with Crippen molar-refractivity contribution in [1.82, 2.24) is 20.2 Å². The Kier molecular flexibility index (Phi) is 8.04. The second-order valence-electron chi connectivity index (χ2n) is 7.35. The summed E-state index contributed by atoms with van der Waals surface area (Å²) in [5, 5.41) is 11.6. The molecule has 2 N–H and O–H groups in total. The molecule has 4 aromatic rings. The topological polar surface area (TPSA) is 111 Å². The van der Waals surface area contributed by atoms with E-state index in [9.17, 15) is 4.79 Å². The van der Waals surface area contributed by atoms with Gasteiger partial charge in [-0.2, -0.15) is 5.10 Å². The molecule has 0 aliphatic heterocycles. The Morgan fingerprint density at radius 1 is 1.00 bits per heavy atom. The molecule has 4 rings (SSSR count). The van der Waals surface area contributed by atoms with Crippen molar-refractivity contribution in [3.8, 4) is 17.2 Å². The maximum Gasteiger partial charge on any atom is 0.255 e. The summed E-state index contributed by atoms with van der Waals surface area (Å²) < 4.78 is 17.2. The van der Waals surface area contributed by atoms with Gasteiger partial charge in [0.05, 0.1) is 31.4 Å². The first-order valence-electron chi connectivity index (χ1n) is 11.4. The maximum absolute atomic E-state index is 13.1. The smallest absolute Gasteiger partial charge is 0.255 e. The summed E-state index contributed by atoms with van der Waals surface area (Å²) in [6.45, 7) is 6.98. The quantitative estimate of drug-likeness (QED) is 0.219. The van der Waals surface area contributed by atoms with Crippen LogP contribution in [0.25, 0.3) is 11.0 Å². The highest BCUT2D eigenvalue weighted by Gasteiger charge is 2.18. The number of rotatable bonds is 11. The molecule has 2 heterocycles. The number of fused-ring (bicyclic) bond motifs is 1. The van der Waals surface area contributed by atoms with Crippen molar-refractivity contribution in [3.05, 3.63) is 60.0 Å². The molecule has 1 amide bonds. The highest BCUT2D eigenvalue weighted by atomic mass is 32.2. The Labute approximate surface area is 207 Å². The third-order valence-corrected chi connectivity index (χ3v) is 6.02. The molecule has 0 atom stereocenters. The van der Waals surface area contributed by atoms with E-state index in [0.29, 0.717) is 59.7 Å². The van der Waals surface area contributed by atoms with Crippen molar-refractivity contribution in [2.75, 3.05) is 25.1 Å². The zero-order valence-corrected chi connectivity index (χ0v) is 20.6. The van der Waals surface area contributed by atoms with E-state index in [1.54, 1.807) is 30.1 Å². The van der Waals surface area contributed by atoms with Crippen molar-refractivity contribution >= 4 is 34.4 Å². The molecule has 182 valence electrons. The zero-order valence-electron chi connectivity index (χ0n) is 19.8. The van der Waals surface area contributed by atoms with Gasteiger partial charge in [-0.05, 0) is 50.6 Å². The highest BCUT2D eigenvalue weighted by Crippen LogP contribution is 2.39. The predicted octanol–water partition coefficient (Wildman–Crippen LogP) is 5.09. The molecule has 0 radical (unpaired) electrons. The molecule has 0 aliphatic carbocycles. The van der Waals surface area contributed by atoms with Crippen LogP contribution in [0, 0.1) is 0 Å². The maximum atomic E-state index is 13.1. The molecule has 2 aromatic heterocycles. The molecule has 0 unspecified atom stereocenters. The van der Waals surface area contributed by atoms with Gasteiger partial charge in [-0.15, -0.1) is 11.8 Å². The molecule has 0 saturated carbocycles. The van der Waals surface area contributed by atoms with E-state index in [1.165, 1.54) is 6.33 Å². The molecular weight excluding hydrogens is 466 g/mol. The number of carbonyl (C=O) groups is 1. The predicted molar refractivity (Wildman–Crippen MR) is 136 cm³/mol. The largest absolute Gasteiger partial charge is 0.490 e. The molecular formula is C25H27N5O4S. The number of aromatic amines is 1. The number of nitrogens with zero attached hydrogens (tertiary/aromatic N) is 3. The third-order valence-electron chi connectivity index (χ3n) is 4.94. The molecule has 0 bridgehead atoms. The van der Waals surface area contributed by atoms with E-state index in [-0.39, 0.29) is 5.91 Å². The van der Waals surface area contributed by atoms with E-state index in [4.69, 9.17) is 14.2 Å². The van der Waals surface area contributed by atoms with Gasteiger partial charge in [0, 0.05) is 17.0 Å². The highest BCUT2D eigenvalue weighted by molar-refractivity contribution is 7.98. The van der Waals surface area contributed by atoms with Gasteiger partial charge in [-0.3, -0.25) is 9.89 Å². The number of amides is 1. The summed E-state index contributed by atoms with van der Waals surface area (Å²) in [7, 11) is 0. The fourth-order valence-corrected chi connectivity index (χ4v) is 4.38. The Morgan fingerprint density at radius 2 is 1.74 bits per heavy atom.